The van der Waals surface area contributed by atoms with Gasteiger partial charge < -0.3 is 19.9 Å². The van der Waals surface area contributed by atoms with Gasteiger partial charge >= 0.3 is 0 Å². The molecule has 104 valence electrons. The highest BCUT2D eigenvalue weighted by Crippen LogP contribution is 2.30. The number of hydrogen-bond donors (Lipinski definition) is 1. The summed E-state index contributed by atoms with van der Waals surface area (Å²) in [6, 6.07) is 0.511. The van der Waals surface area contributed by atoms with E-state index < -0.39 is 0 Å². The van der Waals surface area contributed by atoms with E-state index in [0.717, 1.165) is 29.0 Å². The van der Waals surface area contributed by atoms with Crippen molar-refractivity contribution in [3.05, 3.63) is 4.88 Å². The van der Waals surface area contributed by atoms with Crippen LogP contribution in [0.2, 0.25) is 0 Å². The second-order valence-electron chi connectivity index (χ2n) is 4.77. The average molecular weight is 272 g/mol. The van der Waals surface area contributed by atoms with E-state index in [1.807, 2.05) is 19.0 Å². The predicted molar refractivity (Wildman–Crippen MR) is 77.8 cm³/mol. The monoisotopic (exact) mass is 272 g/mol. The molecule has 1 aromatic rings. The van der Waals surface area contributed by atoms with Gasteiger partial charge in [0.15, 0.2) is 5.13 Å². The first-order valence-electron chi connectivity index (χ1n) is 6.03. The van der Waals surface area contributed by atoms with Gasteiger partial charge in [-0.3, -0.25) is 0 Å². The molecular formula is C12H24N4OS. The summed E-state index contributed by atoms with van der Waals surface area (Å²) in [5, 5.41) is 4.42. The summed E-state index contributed by atoms with van der Waals surface area (Å²) in [6.45, 7) is 3.94. The van der Waals surface area contributed by atoms with Crippen LogP contribution in [0.3, 0.4) is 0 Å². The van der Waals surface area contributed by atoms with E-state index in [9.17, 15) is 0 Å². The minimum Gasteiger partial charge on any atom is -0.480 e. The third-order valence-corrected chi connectivity index (χ3v) is 4.04. The van der Waals surface area contributed by atoms with Gasteiger partial charge in [-0.1, -0.05) is 11.3 Å². The highest BCUT2D eigenvalue weighted by Gasteiger charge is 2.13. The third-order valence-electron chi connectivity index (χ3n) is 2.83. The van der Waals surface area contributed by atoms with Crippen LogP contribution in [0.1, 0.15) is 11.8 Å². The Morgan fingerprint density at radius 3 is 2.50 bits per heavy atom. The Kier molecular flexibility index (Phi) is 5.84. The molecule has 6 heteroatoms. The van der Waals surface area contributed by atoms with Crippen molar-refractivity contribution in [2.45, 2.75) is 19.5 Å². The summed E-state index contributed by atoms with van der Waals surface area (Å²) in [5.74, 6) is 0.730. The zero-order valence-electron chi connectivity index (χ0n) is 12.1. The maximum absolute atomic E-state index is 5.30. The Morgan fingerprint density at radius 1 is 1.33 bits per heavy atom. The lowest BCUT2D eigenvalue weighted by Gasteiger charge is -2.19. The minimum absolute atomic E-state index is 0.511. The Bertz CT molecular complexity index is 365. The van der Waals surface area contributed by atoms with Crippen molar-refractivity contribution in [2.24, 2.45) is 0 Å². The molecule has 0 spiro atoms. The SMILES string of the molecule is COc1nc(N(C)C)sc1CNCC(C)N(C)C. The van der Waals surface area contributed by atoms with Crippen LogP contribution in [-0.2, 0) is 6.54 Å². The predicted octanol–water partition coefficient (Wildman–Crippen LogP) is 1.26. The molecule has 18 heavy (non-hydrogen) atoms. The Hall–Kier alpha value is -0.850. The molecule has 0 saturated heterocycles. The standard InChI is InChI=1S/C12H24N4OS/c1-9(15(2)3)7-13-8-10-11(17-6)14-12(18-10)16(4)5/h9,13H,7-8H2,1-6H3. The maximum Gasteiger partial charge on any atom is 0.230 e. The van der Waals surface area contributed by atoms with Crippen LogP contribution in [0.15, 0.2) is 0 Å². The zero-order chi connectivity index (χ0) is 13.7. The zero-order valence-corrected chi connectivity index (χ0v) is 13.0. The number of likely N-dealkylation sites (N-methyl/N-ethyl adjacent to an activating group) is 1. The molecule has 0 radical (unpaired) electrons. The molecule has 5 nitrogen and oxygen atoms in total. The van der Waals surface area contributed by atoms with Gasteiger partial charge in [-0.2, -0.15) is 4.98 Å². The van der Waals surface area contributed by atoms with Crippen LogP contribution >= 0.6 is 11.3 Å². The lowest BCUT2D eigenvalue weighted by atomic mass is 10.3. The Morgan fingerprint density at radius 2 is 2.00 bits per heavy atom. The normalized spacial score (nSPS) is 12.8. The molecule has 0 saturated carbocycles. The smallest absolute Gasteiger partial charge is 0.230 e. The molecule has 0 bridgehead atoms. The van der Waals surface area contributed by atoms with Crippen molar-refractivity contribution in [1.82, 2.24) is 15.2 Å². The van der Waals surface area contributed by atoms with E-state index in [0.29, 0.717) is 6.04 Å². The number of hydrogen-bond acceptors (Lipinski definition) is 6. The second-order valence-corrected chi connectivity index (χ2v) is 5.83. The largest absolute Gasteiger partial charge is 0.480 e. The number of nitrogens with zero attached hydrogens (tertiary/aromatic N) is 3. The number of aromatic nitrogens is 1. The van der Waals surface area contributed by atoms with Crippen molar-refractivity contribution in [2.75, 3.05) is 46.7 Å². The summed E-state index contributed by atoms with van der Waals surface area (Å²) in [4.78, 5) is 9.77. The molecule has 0 amide bonds. The molecule has 1 rings (SSSR count). The first-order chi connectivity index (χ1) is 8.45. The number of nitrogens with one attached hydrogen (secondary N) is 1. The van der Waals surface area contributed by atoms with Crippen LogP contribution in [0, 0.1) is 0 Å². The topological polar surface area (TPSA) is 40.6 Å². The Labute approximate surface area is 114 Å². The van der Waals surface area contributed by atoms with E-state index in [-0.39, 0.29) is 0 Å². The number of rotatable bonds is 7. The molecule has 1 atom stereocenters. The first kappa shape index (κ1) is 15.2. The number of methoxy groups -OCH3 is 1. The van der Waals surface area contributed by atoms with Crippen LogP contribution in [0.4, 0.5) is 5.13 Å². The lowest BCUT2D eigenvalue weighted by Crippen LogP contribution is -2.35. The van der Waals surface area contributed by atoms with Gasteiger partial charge in [-0.05, 0) is 21.0 Å². The van der Waals surface area contributed by atoms with Crippen LogP contribution in [-0.4, -0.2) is 57.8 Å². The third kappa shape index (κ3) is 4.12. The summed E-state index contributed by atoms with van der Waals surface area (Å²) in [7, 11) is 9.82. The molecule has 0 fully saturated rings. The van der Waals surface area contributed by atoms with Crippen molar-refractivity contribution < 1.29 is 4.74 Å². The average Bonchev–Trinajstić information content (AvgIpc) is 2.72. The molecule has 1 N–H and O–H groups in total. The van der Waals surface area contributed by atoms with Crippen molar-refractivity contribution in [3.8, 4) is 5.88 Å². The van der Waals surface area contributed by atoms with Gasteiger partial charge in [0.2, 0.25) is 5.88 Å². The summed E-state index contributed by atoms with van der Waals surface area (Å²) < 4.78 is 5.30. The molecule has 0 aliphatic heterocycles. The molecule has 1 aromatic heterocycles. The molecular weight excluding hydrogens is 248 g/mol. The summed E-state index contributed by atoms with van der Waals surface area (Å²) in [6.07, 6.45) is 0. The van der Waals surface area contributed by atoms with Gasteiger partial charge in [-0.15, -0.1) is 0 Å². The fourth-order valence-electron chi connectivity index (χ4n) is 1.37. The summed E-state index contributed by atoms with van der Waals surface area (Å²) in [5.41, 5.74) is 0. The first-order valence-corrected chi connectivity index (χ1v) is 6.85. The molecule has 1 heterocycles. The highest BCUT2D eigenvalue weighted by molar-refractivity contribution is 7.15. The van der Waals surface area contributed by atoms with E-state index in [2.05, 4.69) is 36.2 Å². The fourth-order valence-corrected chi connectivity index (χ4v) is 2.29. The molecule has 0 aliphatic carbocycles. The van der Waals surface area contributed by atoms with Crippen molar-refractivity contribution >= 4 is 16.5 Å². The molecule has 0 aliphatic rings. The van der Waals surface area contributed by atoms with Gasteiger partial charge in [-0.25, -0.2) is 0 Å². The van der Waals surface area contributed by atoms with Crippen molar-refractivity contribution in [3.63, 3.8) is 0 Å². The van der Waals surface area contributed by atoms with E-state index in [1.54, 1.807) is 18.4 Å². The van der Waals surface area contributed by atoms with Gasteiger partial charge in [0, 0.05) is 33.2 Å². The molecule has 0 aromatic carbocycles. The van der Waals surface area contributed by atoms with E-state index >= 15 is 0 Å². The minimum atomic E-state index is 0.511. The quantitative estimate of drug-likeness (QED) is 0.809. The second kappa shape index (κ2) is 6.92. The van der Waals surface area contributed by atoms with E-state index in [4.69, 9.17) is 4.74 Å². The van der Waals surface area contributed by atoms with Crippen LogP contribution in [0.5, 0.6) is 5.88 Å². The number of ether oxygens (including phenoxy) is 1. The number of anilines is 1. The lowest BCUT2D eigenvalue weighted by molar-refractivity contribution is 0.302. The highest BCUT2D eigenvalue weighted by atomic mass is 32.1. The molecule has 1 unspecified atom stereocenters. The number of thiazole rings is 1. The van der Waals surface area contributed by atoms with Gasteiger partial charge in [0.25, 0.3) is 0 Å². The fraction of sp³-hybridized carbons (Fsp3) is 0.750. The van der Waals surface area contributed by atoms with Gasteiger partial charge in [0.05, 0.1) is 12.0 Å². The van der Waals surface area contributed by atoms with Crippen LogP contribution in [0.25, 0.3) is 0 Å². The summed E-state index contributed by atoms with van der Waals surface area (Å²) >= 11 is 1.67. The van der Waals surface area contributed by atoms with Crippen molar-refractivity contribution in [1.29, 1.82) is 0 Å². The Balaban J connectivity index is 2.56. The van der Waals surface area contributed by atoms with E-state index in [1.165, 1.54) is 0 Å². The van der Waals surface area contributed by atoms with Crippen LogP contribution < -0.4 is 15.0 Å². The van der Waals surface area contributed by atoms with Gasteiger partial charge in [0.1, 0.15) is 0 Å². The maximum atomic E-state index is 5.30.